The van der Waals surface area contributed by atoms with E-state index in [-0.39, 0.29) is 24.5 Å². The number of nitrogens with zero attached hydrogens (tertiary/aromatic N) is 5. The van der Waals surface area contributed by atoms with Crippen LogP contribution in [0.3, 0.4) is 0 Å². The number of thioether (sulfide) groups is 1. The fourth-order valence-corrected chi connectivity index (χ4v) is 5.41. The Hall–Kier alpha value is -3.78. The molecule has 38 heavy (non-hydrogen) atoms. The summed E-state index contributed by atoms with van der Waals surface area (Å²) in [6.07, 6.45) is 1.95. The maximum absolute atomic E-state index is 13.3. The number of Topliss-reactive ketones (excluding diaryl/α,β-unsaturated/α-hetero) is 1. The summed E-state index contributed by atoms with van der Waals surface area (Å²) >= 11 is 1.07. The summed E-state index contributed by atoms with van der Waals surface area (Å²) in [4.78, 5) is 67.9. The Bertz CT molecular complexity index is 1210. The molecule has 0 radical (unpaired) electrons. The average molecular weight is 544 g/mol. The molecule has 202 valence electrons. The zero-order valence-corrected chi connectivity index (χ0v) is 21.6. The number of ketones is 1. The van der Waals surface area contributed by atoms with Crippen molar-refractivity contribution in [2.75, 3.05) is 19.3 Å². The maximum Gasteiger partial charge on any atom is 0.305 e. The number of carbonyl (C=O) groups excluding carboxylic acids is 4. The average Bonchev–Trinajstić information content (AvgIpc) is 3.35. The van der Waals surface area contributed by atoms with Gasteiger partial charge in [0.2, 0.25) is 11.8 Å². The van der Waals surface area contributed by atoms with Gasteiger partial charge in [-0.15, -0.1) is 0 Å². The standard InChI is InChI=1S/C24H29N7O6S/c1-25-16-9-10-20(33)29-11-5-8-18(31(29)23(16)37)22(36)28-17(12-21(34)35)19(32)13-38-24-26-14-27-30(24)15-6-3-2-4-7-15/h2-4,6-7,14,16-18,25H,5,8-13H2,1H3,(H,28,36)(H,34,35)/t16-,17-,18-/m0/s1. The Balaban J connectivity index is 1.47. The van der Waals surface area contributed by atoms with Crippen LogP contribution in [-0.2, 0) is 24.0 Å². The van der Waals surface area contributed by atoms with E-state index in [4.69, 9.17) is 0 Å². The summed E-state index contributed by atoms with van der Waals surface area (Å²) in [5.41, 5.74) is 0.744. The van der Waals surface area contributed by atoms with Gasteiger partial charge < -0.3 is 15.7 Å². The molecule has 2 aliphatic rings. The first kappa shape index (κ1) is 27.3. The van der Waals surface area contributed by atoms with E-state index in [0.717, 1.165) is 17.4 Å². The highest BCUT2D eigenvalue weighted by Gasteiger charge is 2.44. The predicted octanol–water partition coefficient (Wildman–Crippen LogP) is 0.00440. The molecule has 3 N–H and O–H groups in total. The van der Waals surface area contributed by atoms with Crippen LogP contribution in [0.4, 0.5) is 0 Å². The van der Waals surface area contributed by atoms with Crippen LogP contribution in [0.25, 0.3) is 5.69 Å². The van der Waals surface area contributed by atoms with Gasteiger partial charge in [-0.3, -0.25) is 29.0 Å². The first-order chi connectivity index (χ1) is 18.3. The minimum Gasteiger partial charge on any atom is -0.481 e. The van der Waals surface area contributed by atoms with Gasteiger partial charge in [-0.1, -0.05) is 30.0 Å². The van der Waals surface area contributed by atoms with E-state index in [2.05, 4.69) is 20.7 Å². The van der Waals surface area contributed by atoms with Gasteiger partial charge >= 0.3 is 5.97 Å². The number of carboxylic acid groups (broad SMARTS) is 1. The number of aromatic nitrogens is 3. The number of carboxylic acids is 1. The number of fused-ring (bicyclic) bond motifs is 1. The molecule has 2 aromatic rings. The Kier molecular flexibility index (Phi) is 8.73. The second kappa shape index (κ2) is 12.2. The smallest absolute Gasteiger partial charge is 0.305 e. The number of para-hydroxylation sites is 1. The largest absolute Gasteiger partial charge is 0.481 e. The van der Waals surface area contributed by atoms with E-state index < -0.39 is 48.1 Å². The van der Waals surface area contributed by atoms with Crippen molar-refractivity contribution in [1.29, 1.82) is 0 Å². The Morgan fingerprint density at radius 1 is 1.18 bits per heavy atom. The summed E-state index contributed by atoms with van der Waals surface area (Å²) in [5, 5.41) is 21.9. The highest BCUT2D eigenvalue weighted by Crippen LogP contribution is 2.25. The van der Waals surface area contributed by atoms with Crippen molar-refractivity contribution in [1.82, 2.24) is 35.4 Å². The predicted molar refractivity (Wildman–Crippen MR) is 135 cm³/mol. The van der Waals surface area contributed by atoms with Crippen LogP contribution in [0.15, 0.2) is 41.8 Å². The lowest BCUT2D eigenvalue weighted by molar-refractivity contribution is -0.176. The summed E-state index contributed by atoms with van der Waals surface area (Å²) in [6, 6.07) is 6.19. The molecule has 3 amide bonds. The molecule has 4 rings (SSSR count). The van der Waals surface area contributed by atoms with Crippen molar-refractivity contribution in [2.45, 2.75) is 55.4 Å². The molecule has 0 unspecified atom stereocenters. The number of hydrogen-bond acceptors (Lipinski definition) is 9. The zero-order valence-electron chi connectivity index (χ0n) is 20.8. The SMILES string of the molecule is CN[C@H]1CCC(=O)N2CCC[C@@H](C(=O)N[C@@H](CC(=O)O)C(=O)CSc3ncnn3-c3ccccc3)N2C1=O. The first-order valence-electron chi connectivity index (χ1n) is 12.2. The van der Waals surface area contributed by atoms with Gasteiger partial charge in [0.05, 0.1) is 29.9 Å². The molecule has 1 aromatic heterocycles. The van der Waals surface area contributed by atoms with Crippen molar-refractivity contribution in [2.24, 2.45) is 0 Å². The van der Waals surface area contributed by atoms with Gasteiger partial charge in [0.15, 0.2) is 10.9 Å². The number of carbonyl (C=O) groups is 5. The third-order valence-electron chi connectivity index (χ3n) is 6.46. The Labute approximate surface area is 222 Å². The molecule has 1 aromatic carbocycles. The van der Waals surface area contributed by atoms with Crippen LogP contribution in [-0.4, -0.2) is 96.8 Å². The number of nitrogens with one attached hydrogen (secondary N) is 2. The Morgan fingerprint density at radius 2 is 1.95 bits per heavy atom. The van der Waals surface area contributed by atoms with E-state index >= 15 is 0 Å². The van der Waals surface area contributed by atoms with Crippen molar-refractivity contribution < 1.29 is 29.1 Å². The first-order valence-corrected chi connectivity index (χ1v) is 13.2. The fourth-order valence-electron chi connectivity index (χ4n) is 4.54. The van der Waals surface area contributed by atoms with Gasteiger partial charge in [-0.05, 0) is 38.4 Å². The van der Waals surface area contributed by atoms with Gasteiger partial charge in [0, 0.05) is 13.0 Å². The number of aliphatic carboxylic acids is 1. The van der Waals surface area contributed by atoms with E-state index in [0.29, 0.717) is 24.5 Å². The van der Waals surface area contributed by atoms with Crippen LogP contribution in [0.2, 0.25) is 0 Å². The van der Waals surface area contributed by atoms with Crippen LogP contribution >= 0.6 is 11.8 Å². The molecule has 2 fully saturated rings. The highest BCUT2D eigenvalue weighted by molar-refractivity contribution is 7.99. The maximum atomic E-state index is 13.3. The molecule has 3 atom stereocenters. The van der Waals surface area contributed by atoms with Crippen LogP contribution < -0.4 is 10.6 Å². The van der Waals surface area contributed by atoms with Gasteiger partial charge in [-0.25, -0.2) is 14.7 Å². The van der Waals surface area contributed by atoms with Crippen LogP contribution in [0, 0.1) is 0 Å². The van der Waals surface area contributed by atoms with Crippen molar-refractivity contribution >= 4 is 41.2 Å². The molecule has 2 saturated heterocycles. The third-order valence-corrected chi connectivity index (χ3v) is 7.42. The number of likely N-dealkylation sites (N-methyl/N-ethyl adjacent to an activating group) is 1. The lowest BCUT2D eigenvalue weighted by atomic mass is 10.0. The summed E-state index contributed by atoms with van der Waals surface area (Å²) in [5.74, 6) is -3.29. The summed E-state index contributed by atoms with van der Waals surface area (Å²) in [7, 11) is 1.61. The van der Waals surface area contributed by atoms with Crippen molar-refractivity contribution in [3.8, 4) is 5.69 Å². The van der Waals surface area contributed by atoms with Crippen LogP contribution in [0.5, 0.6) is 0 Å². The summed E-state index contributed by atoms with van der Waals surface area (Å²) < 4.78 is 1.56. The van der Waals surface area contributed by atoms with E-state index in [1.807, 2.05) is 30.3 Å². The molecule has 2 aliphatic heterocycles. The van der Waals surface area contributed by atoms with Gasteiger partial charge in [0.25, 0.3) is 5.91 Å². The lowest BCUT2D eigenvalue weighted by Gasteiger charge is -2.43. The van der Waals surface area contributed by atoms with E-state index in [9.17, 15) is 29.1 Å². The van der Waals surface area contributed by atoms with Gasteiger partial charge in [0.1, 0.15) is 12.4 Å². The molecular weight excluding hydrogens is 514 g/mol. The van der Waals surface area contributed by atoms with Crippen molar-refractivity contribution in [3.05, 3.63) is 36.7 Å². The topological polar surface area (TPSA) is 167 Å². The molecule has 3 heterocycles. The molecule has 0 bridgehead atoms. The second-order valence-electron chi connectivity index (χ2n) is 8.94. The second-order valence-corrected chi connectivity index (χ2v) is 9.88. The molecule has 14 heteroatoms. The molecule has 0 spiro atoms. The molecule has 0 saturated carbocycles. The minimum atomic E-state index is -1.33. The Morgan fingerprint density at radius 3 is 2.66 bits per heavy atom. The zero-order chi connectivity index (χ0) is 27.2. The number of benzene rings is 1. The number of amides is 3. The molecular formula is C24H29N7O6S. The fraction of sp³-hybridized carbons (Fsp3) is 0.458. The number of rotatable bonds is 10. The number of hydrazine groups is 1. The molecule has 0 aliphatic carbocycles. The monoisotopic (exact) mass is 543 g/mol. The quantitative estimate of drug-likeness (QED) is 0.347. The van der Waals surface area contributed by atoms with E-state index in [1.165, 1.54) is 16.3 Å². The van der Waals surface area contributed by atoms with Gasteiger partial charge in [-0.2, -0.15) is 5.10 Å². The molecule has 13 nitrogen and oxygen atoms in total. The lowest BCUT2D eigenvalue weighted by Crippen LogP contribution is -2.64. The highest BCUT2D eigenvalue weighted by atomic mass is 32.2. The van der Waals surface area contributed by atoms with Crippen molar-refractivity contribution in [3.63, 3.8) is 0 Å². The van der Waals surface area contributed by atoms with Crippen LogP contribution in [0.1, 0.15) is 32.1 Å². The summed E-state index contributed by atoms with van der Waals surface area (Å²) in [6.45, 7) is 0.307. The van der Waals surface area contributed by atoms with E-state index in [1.54, 1.807) is 11.7 Å². The minimum absolute atomic E-state index is 0.160. The third kappa shape index (κ3) is 6.02. The normalized spacial score (nSPS) is 20.4. The number of hydrogen-bond donors (Lipinski definition) is 3.